The van der Waals surface area contributed by atoms with Crippen LogP contribution in [0.5, 0.6) is 0 Å². The Hall–Kier alpha value is -0.600. The molecule has 0 aliphatic heterocycles. The first-order valence-corrected chi connectivity index (χ1v) is 10.5. The van der Waals surface area contributed by atoms with Crippen LogP contribution < -0.4 is 0 Å². The van der Waals surface area contributed by atoms with Crippen molar-refractivity contribution < 1.29 is 0 Å². The van der Waals surface area contributed by atoms with E-state index in [0.29, 0.717) is 30.1 Å². The van der Waals surface area contributed by atoms with Gasteiger partial charge in [0.1, 0.15) is 0 Å². The van der Waals surface area contributed by atoms with Gasteiger partial charge < -0.3 is 0 Å². The van der Waals surface area contributed by atoms with Gasteiger partial charge in [-0.25, -0.2) is 0 Å². The Bertz CT molecular complexity index is 953. The SMILES string of the molecule is Clc1cc(Cl)c(C2(c3c(Cl)cc(Cl)cc3Cl)CCc3ccccc32)c(Cl)c1. The number of rotatable bonds is 2. The molecule has 0 bridgehead atoms. The van der Waals surface area contributed by atoms with Crippen LogP contribution in [-0.2, 0) is 11.8 Å². The molecule has 138 valence electrons. The first-order chi connectivity index (χ1) is 12.8. The highest BCUT2D eigenvalue weighted by Crippen LogP contribution is 2.56. The number of aryl methyl sites for hydroxylation is 1. The summed E-state index contributed by atoms with van der Waals surface area (Å²) in [6.07, 6.45) is 1.58. The van der Waals surface area contributed by atoms with Crippen LogP contribution >= 0.6 is 69.6 Å². The maximum absolute atomic E-state index is 6.68. The van der Waals surface area contributed by atoms with E-state index >= 15 is 0 Å². The summed E-state index contributed by atoms with van der Waals surface area (Å²) >= 11 is 39.0. The predicted octanol–water partition coefficient (Wildman–Crippen LogP) is 8.89. The van der Waals surface area contributed by atoms with Gasteiger partial charge in [-0.1, -0.05) is 93.9 Å². The highest BCUT2D eigenvalue weighted by Gasteiger charge is 2.46. The molecule has 0 spiro atoms. The van der Waals surface area contributed by atoms with Crippen molar-refractivity contribution in [3.05, 3.63) is 101 Å². The quantitative estimate of drug-likeness (QED) is 0.346. The number of fused-ring (bicyclic) bond motifs is 1. The normalized spacial score (nSPS) is 15.0. The lowest BCUT2D eigenvalue weighted by atomic mass is 9.70. The van der Waals surface area contributed by atoms with Crippen molar-refractivity contribution in [2.24, 2.45) is 0 Å². The molecule has 0 saturated heterocycles. The maximum Gasteiger partial charge on any atom is 0.0516 e. The number of hydrogen-bond acceptors (Lipinski definition) is 0. The molecule has 3 aromatic rings. The topological polar surface area (TPSA) is 0 Å². The monoisotopic (exact) mass is 474 g/mol. The predicted molar refractivity (Wildman–Crippen MR) is 118 cm³/mol. The molecule has 0 atom stereocenters. The van der Waals surface area contributed by atoms with Crippen molar-refractivity contribution in [3.8, 4) is 0 Å². The summed E-state index contributed by atoms with van der Waals surface area (Å²) in [5.41, 5.74) is 3.12. The zero-order valence-electron chi connectivity index (χ0n) is 13.8. The zero-order chi connectivity index (χ0) is 19.3. The number of halogens is 6. The van der Waals surface area contributed by atoms with Gasteiger partial charge in [0.05, 0.1) is 5.41 Å². The molecule has 3 aromatic carbocycles. The molecule has 0 aromatic heterocycles. The Kier molecular flexibility index (Phi) is 5.35. The smallest absolute Gasteiger partial charge is 0.0516 e. The van der Waals surface area contributed by atoms with Crippen LogP contribution in [0, 0.1) is 0 Å². The van der Waals surface area contributed by atoms with Gasteiger partial charge in [-0.15, -0.1) is 0 Å². The Balaban J connectivity index is 2.16. The van der Waals surface area contributed by atoms with Gasteiger partial charge in [0, 0.05) is 41.3 Å². The van der Waals surface area contributed by atoms with E-state index in [1.807, 2.05) is 12.1 Å². The van der Waals surface area contributed by atoms with E-state index in [4.69, 9.17) is 69.6 Å². The van der Waals surface area contributed by atoms with Crippen molar-refractivity contribution >= 4 is 69.6 Å². The third-order valence-corrected chi connectivity index (χ3v) is 6.74. The average Bonchev–Trinajstić information content (AvgIpc) is 2.93. The maximum atomic E-state index is 6.68. The number of hydrogen-bond donors (Lipinski definition) is 0. The van der Waals surface area contributed by atoms with E-state index in [2.05, 4.69) is 12.1 Å². The molecule has 0 heterocycles. The van der Waals surface area contributed by atoms with E-state index in [-0.39, 0.29) is 0 Å². The fourth-order valence-corrected chi connectivity index (χ4v) is 6.43. The third-order valence-electron chi connectivity index (χ3n) is 5.11. The molecule has 0 amide bonds. The zero-order valence-corrected chi connectivity index (χ0v) is 18.3. The van der Waals surface area contributed by atoms with E-state index in [1.165, 1.54) is 5.56 Å². The summed E-state index contributed by atoms with van der Waals surface area (Å²) in [7, 11) is 0. The fourth-order valence-electron chi connectivity index (χ4n) is 4.16. The summed E-state index contributed by atoms with van der Waals surface area (Å²) in [5.74, 6) is 0. The van der Waals surface area contributed by atoms with Gasteiger partial charge in [-0.3, -0.25) is 0 Å². The number of benzene rings is 3. The van der Waals surface area contributed by atoms with E-state index in [9.17, 15) is 0 Å². The highest BCUT2D eigenvalue weighted by atomic mass is 35.5. The minimum absolute atomic E-state index is 0.475. The minimum atomic E-state index is -0.686. The van der Waals surface area contributed by atoms with Gasteiger partial charge in [0.2, 0.25) is 0 Å². The van der Waals surface area contributed by atoms with E-state index in [1.54, 1.807) is 24.3 Å². The summed E-state index contributed by atoms with van der Waals surface area (Å²) in [4.78, 5) is 0. The van der Waals surface area contributed by atoms with Gasteiger partial charge in [0.15, 0.2) is 0 Å². The molecule has 0 unspecified atom stereocenters. The van der Waals surface area contributed by atoms with Crippen LogP contribution in [-0.4, -0.2) is 0 Å². The third kappa shape index (κ3) is 3.15. The second kappa shape index (κ2) is 7.34. The Morgan fingerprint density at radius 3 is 1.56 bits per heavy atom. The van der Waals surface area contributed by atoms with Gasteiger partial charge >= 0.3 is 0 Å². The molecule has 4 rings (SSSR count). The fraction of sp³-hybridized carbons (Fsp3) is 0.143. The molecule has 1 aliphatic carbocycles. The van der Waals surface area contributed by atoms with E-state index < -0.39 is 5.41 Å². The highest BCUT2D eigenvalue weighted by molar-refractivity contribution is 6.41. The first-order valence-electron chi connectivity index (χ1n) is 8.23. The molecule has 0 N–H and O–H groups in total. The Labute approximate surface area is 187 Å². The summed E-state index contributed by atoms with van der Waals surface area (Å²) in [5, 5.41) is 2.86. The van der Waals surface area contributed by atoms with E-state index in [0.717, 1.165) is 29.5 Å². The second-order valence-electron chi connectivity index (χ2n) is 6.55. The van der Waals surface area contributed by atoms with Crippen molar-refractivity contribution in [1.82, 2.24) is 0 Å². The van der Waals surface area contributed by atoms with Crippen LogP contribution in [0.2, 0.25) is 30.1 Å². The lowest BCUT2D eigenvalue weighted by Crippen LogP contribution is -2.28. The molecular weight excluding hydrogens is 465 g/mol. The van der Waals surface area contributed by atoms with Crippen molar-refractivity contribution in [1.29, 1.82) is 0 Å². The van der Waals surface area contributed by atoms with Crippen LogP contribution in [0.1, 0.15) is 28.7 Å². The molecule has 0 fully saturated rings. The van der Waals surface area contributed by atoms with Crippen molar-refractivity contribution in [3.63, 3.8) is 0 Å². The average molecular weight is 477 g/mol. The van der Waals surface area contributed by atoms with Crippen LogP contribution in [0.25, 0.3) is 0 Å². The Morgan fingerprint density at radius 2 is 1.07 bits per heavy atom. The van der Waals surface area contributed by atoms with Crippen molar-refractivity contribution in [2.45, 2.75) is 18.3 Å². The molecule has 0 nitrogen and oxygen atoms in total. The van der Waals surface area contributed by atoms with Gasteiger partial charge in [0.25, 0.3) is 0 Å². The molecule has 1 aliphatic rings. The van der Waals surface area contributed by atoms with Crippen LogP contribution in [0.3, 0.4) is 0 Å². The van der Waals surface area contributed by atoms with Crippen LogP contribution in [0.15, 0.2) is 48.5 Å². The summed E-state index contributed by atoms with van der Waals surface area (Å²) in [6, 6.07) is 15.0. The molecular formula is C21H12Cl6. The summed E-state index contributed by atoms with van der Waals surface area (Å²) < 4.78 is 0. The molecule has 27 heavy (non-hydrogen) atoms. The summed E-state index contributed by atoms with van der Waals surface area (Å²) in [6.45, 7) is 0. The minimum Gasteiger partial charge on any atom is -0.0842 e. The lowest BCUT2D eigenvalue weighted by Gasteiger charge is -2.35. The lowest BCUT2D eigenvalue weighted by molar-refractivity contribution is 0.611. The van der Waals surface area contributed by atoms with Crippen molar-refractivity contribution in [2.75, 3.05) is 0 Å². The van der Waals surface area contributed by atoms with Gasteiger partial charge in [-0.05, 0) is 48.2 Å². The Morgan fingerprint density at radius 1 is 0.630 bits per heavy atom. The van der Waals surface area contributed by atoms with Crippen LogP contribution in [0.4, 0.5) is 0 Å². The largest absolute Gasteiger partial charge is 0.0842 e. The standard InChI is InChI=1S/C21H12Cl6/c22-12-7-15(24)19(16(25)8-12)21(6-5-11-3-1-2-4-14(11)21)20-17(26)9-13(23)10-18(20)27/h1-4,7-10H,5-6H2. The molecule has 0 saturated carbocycles. The second-order valence-corrected chi connectivity index (χ2v) is 9.05. The molecule has 6 heteroatoms. The molecule has 0 radical (unpaired) electrons. The first kappa shape index (κ1) is 19.7. The van der Waals surface area contributed by atoms with Gasteiger partial charge in [-0.2, -0.15) is 0 Å².